The number of thioether (sulfide) groups is 1. The fourth-order valence-corrected chi connectivity index (χ4v) is 3.17. The average molecular weight is 415 g/mol. The van der Waals surface area contributed by atoms with Crippen molar-refractivity contribution in [2.75, 3.05) is 20.2 Å². The van der Waals surface area contributed by atoms with E-state index in [4.69, 9.17) is 17.0 Å². The lowest BCUT2D eigenvalue weighted by Crippen LogP contribution is -2.31. The zero-order valence-corrected chi connectivity index (χ0v) is 15.8. The molecule has 2 rings (SSSR count). The van der Waals surface area contributed by atoms with Crippen LogP contribution in [0.15, 0.2) is 27.6 Å². The van der Waals surface area contributed by atoms with Crippen LogP contribution in [0.4, 0.5) is 0 Å². The molecule has 1 aromatic carbocycles. The van der Waals surface area contributed by atoms with E-state index in [1.807, 2.05) is 19.1 Å². The Hall–Kier alpha value is -1.38. The first-order valence-corrected chi connectivity index (χ1v) is 8.83. The highest BCUT2D eigenvalue weighted by Crippen LogP contribution is 2.31. The monoisotopic (exact) mass is 414 g/mol. The van der Waals surface area contributed by atoms with Gasteiger partial charge < -0.3 is 15.0 Å². The highest BCUT2D eigenvalue weighted by Gasteiger charge is 2.22. The first-order valence-electron chi connectivity index (χ1n) is 6.82. The summed E-state index contributed by atoms with van der Waals surface area (Å²) in [5.74, 6) is 0.195. The molecule has 1 saturated heterocycles. The van der Waals surface area contributed by atoms with Crippen LogP contribution in [-0.2, 0) is 9.59 Å². The maximum Gasteiger partial charge on any atom is 0.263 e. The van der Waals surface area contributed by atoms with Gasteiger partial charge in [-0.3, -0.25) is 9.59 Å². The van der Waals surface area contributed by atoms with E-state index in [1.54, 1.807) is 24.1 Å². The highest BCUT2D eigenvalue weighted by atomic mass is 79.9. The van der Waals surface area contributed by atoms with Crippen LogP contribution in [0.5, 0.6) is 5.75 Å². The lowest BCUT2D eigenvalue weighted by Gasteiger charge is -2.16. The van der Waals surface area contributed by atoms with Crippen LogP contribution in [-0.4, -0.2) is 41.2 Å². The summed E-state index contributed by atoms with van der Waals surface area (Å²) in [6, 6.07) is 5.40. The molecule has 5 nitrogen and oxygen atoms in total. The van der Waals surface area contributed by atoms with Crippen LogP contribution in [0.1, 0.15) is 12.5 Å². The highest BCUT2D eigenvalue weighted by molar-refractivity contribution is 9.10. The average Bonchev–Trinajstić information content (AvgIpc) is 2.83. The van der Waals surface area contributed by atoms with Crippen molar-refractivity contribution in [3.8, 4) is 5.75 Å². The van der Waals surface area contributed by atoms with Gasteiger partial charge in [-0.2, -0.15) is 0 Å². The van der Waals surface area contributed by atoms with Crippen LogP contribution in [0.2, 0.25) is 0 Å². The molecule has 1 aliphatic heterocycles. The van der Waals surface area contributed by atoms with Gasteiger partial charge in [0.25, 0.3) is 11.8 Å². The molecule has 0 aliphatic carbocycles. The van der Waals surface area contributed by atoms with Gasteiger partial charge in [0, 0.05) is 23.6 Å². The largest absolute Gasteiger partial charge is 0.483 e. The number of carbonyl (C=O) groups excluding carboxylic acids is 2. The predicted octanol–water partition coefficient (Wildman–Crippen LogP) is 2.80. The maximum absolute atomic E-state index is 11.9. The third-order valence-electron chi connectivity index (χ3n) is 3.15. The second kappa shape index (κ2) is 7.94. The van der Waals surface area contributed by atoms with Crippen molar-refractivity contribution in [2.24, 2.45) is 0 Å². The summed E-state index contributed by atoms with van der Waals surface area (Å²) in [4.78, 5) is 25.7. The van der Waals surface area contributed by atoms with E-state index in [0.29, 0.717) is 27.1 Å². The van der Waals surface area contributed by atoms with Gasteiger partial charge in [0.05, 0.1) is 4.91 Å². The number of rotatable bonds is 5. The van der Waals surface area contributed by atoms with Crippen molar-refractivity contribution >= 4 is 62.1 Å². The molecule has 0 spiro atoms. The van der Waals surface area contributed by atoms with E-state index < -0.39 is 0 Å². The minimum absolute atomic E-state index is 0.0557. The van der Waals surface area contributed by atoms with Gasteiger partial charge in [-0.05, 0) is 31.2 Å². The first-order chi connectivity index (χ1) is 10.9. The summed E-state index contributed by atoms with van der Waals surface area (Å²) in [6.45, 7) is 2.46. The summed E-state index contributed by atoms with van der Waals surface area (Å²) in [7, 11) is 1.72. The Morgan fingerprint density at radius 2 is 2.26 bits per heavy atom. The number of hydrogen-bond donors (Lipinski definition) is 1. The molecule has 0 bridgehead atoms. The molecule has 1 fully saturated rings. The lowest BCUT2D eigenvalue weighted by molar-refractivity contribution is -0.131. The molecule has 2 amide bonds. The van der Waals surface area contributed by atoms with E-state index >= 15 is 0 Å². The number of thiocarbonyl (C=S) groups is 1. The summed E-state index contributed by atoms with van der Waals surface area (Å²) in [5.41, 5.74) is 0.702. The number of carbonyl (C=O) groups is 2. The molecule has 1 heterocycles. The smallest absolute Gasteiger partial charge is 0.263 e. The zero-order chi connectivity index (χ0) is 17.0. The summed E-state index contributed by atoms with van der Waals surface area (Å²) in [6.07, 6.45) is 1.70. The number of benzene rings is 1. The van der Waals surface area contributed by atoms with E-state index in [0.717, 1.165) is 4.47 Å². The molecule has 0 aromatic heterocycles. The normalized spacial score (nSPS) is 15.7. The summed E-state index contributed by atoms with van der Waals surface area (Å²) < 4.78 is 6.89. The lowest BCUT2D eigenvalue weighted by atomic mass is 10.2. The Morgan fingerprint density at radius 1 is 1.52 bits per heavy atom. The van der Waals surface area contributed by atoms with Gasteiger partial charge in [0.15, 0.2) is 6.61 Å². The van der Waals surface area contributed by atoms with E-state index in [9.17, 15) is 9.59 Å². The van der Waals surface area contributed by atoms with Gasteiger partial charge in [-0.15, -0.1) is 0 Å². The number of halogens is 1. The van der Waals surface area contributed by atoms with E-state index in [-0.39, 0.29) is 18.4 Å². The molecule has 122 valence electrons. The number of nitrogens with one attached hydrogen (secondary N) is 1. The maximum atomic E-state index is 11.9. The van der Waals surface area contributed by atoms with Gasteiger partial charge in [-0.25, -0.2) is 0 Å². The van der Waals surface area contributed by atoms with Crippen LogP contribution in [0.25, 0.3) is 6.08 Å². The quantitative estimate of drug-likeness (QED) is 0.592. The first kappa shape index (κ1) is 18.0. The molecule has 1 aromatic rings. The van der Waals surface area contributed by atoms with Crippen molar-refractivity contribution in [3.63, 3.8) is 0 Å². The molecule has 0 atom stereocenters. The number of hydrogen-bond acceptors (Lipinski definition) is 5. The van der Waals surface area contributed by atoms with Crippen molar-refractivity contribution in [1.29, 1.82) is 0 Å². The Bertz CT molecular complexity index is 691. The van der Waals surface area contributed by atoms with Gasteiger partial charge in [0.2, 0.25) is 0 Å². The number of likely N-dealkylation sites (N-methyl/N-ethyl adjacent to an activating group) is 1. The Labute approximate surface area is 152 Å². The topological polar surface area (TPSA) is 58.6 Å². The van der Waals surface area contributed by atoms with Crippen molar-refractivity contribution in [3.05, 3.63) is 33.1 Å². The second-order valence-corrected chi connectivity index (χ2v) is 7.37. The standard InChI is InChI=1S/C15H15BrN2O3S2/c1-3-18(2)13(19)8-21-11-5-4-10(16)6-9(11)7-12-14(20)17-15(22)23-12/h4-7H,3,8H2,1-2H3,(H,17,20,22). The second-order valence-electron chi connectivity index (χ2n) is 4.73. The van der Waals surface area contributed by atoms with Crippen molar-refractivity contribution < 1.29 is 14.3 Å². The molecule has 0 saturated carbocycles. The third-order valence-corrected chi connectivity index (χ3v) is 4.81. The Morgan fingerprint density at radius 3 is 2.87 bits per heavy atom. The van der Waals surface area contributed by atoms with E-state index in [2.05, 4.69) is 21.2 Å². The van der Waals surface area contributed by atoms with Gasteiger partial charge >= 0.3 is 0 Å². The Kier molecular flexibility index (Phi) is 6.20. The number of amides is 2. The molecule has 23 heavy (non-hydrogen) atoms. The summed E-state index contributed by atoms with van der Waals surface area (Å²) in [5, 5.41) is 2.57. The molecule has 8 heteroatoms. The van der Waals surface area contributed by atoms with Gasteiger partial charge in [0.1, 0.15) is 10.1 Å². The molecular weight excluding hydrogens is 400 g/mol. The number of nitrogens with zero attached hydrogens (tertiary/aromatic N) is 1. The zero-order valence-electron chi connectivity index (χ0n) is 12.6. The Balaban J connectivity index is 2.21. The van der Waals surface area contributed by atoms with Crippen molar-refractivity contribution in [2.45, 2.75) is 6.92 Å². The molecular formula is C15H15BrN2O3S2. The summed E-state index contributed by atoms with van der Waals surface area (Å²) >= 11 is 9.57. The van der Waals surface area contributed by atoms with Gasteiger partial charge in [-0.1, -0.05) is 39.9 Å². The van der Waals surface area contributed by atoms with E-state index in [1.165, 1.54) is 11.8 Å². The fraction of sp³-hybridized carbons (Fsp3) is 0.267. The number of ether oxygens (including phenoxy) is 1. The predicted molar refractivity (Wildman–Crippen MR) is 99.3 cm³/mol. The third kappa shape index (κ3) is 4.79. The SMILES string of the molecule is CCN(C)C(=O)COc1ccc(Br)cc1C=C1SC(=S)NC1=O. The van der Waals surface area contributed by atoms with Crippen molar-refractivity contribution in [1.82, 2.24) is 10.2 Å². The van der Waals surface area contributed by atoms with Crippen LogP contribution < -0.4 is 10.1 Å². The minimum Gasteiger partial charge on any atom is -0.483 e. The molecule has 1 N–H and O–H groups in total. The molecule has 0 radical (unpaired) electrons. The molecule has 0 unspecified atom stereocenters. The van der Waals surface area contributed by atoms with Crippen LogP contribution in [0.3, 0.4) is 0 Å². The van der Waals surface area contributed by atoms with Crippen LogP contribution in [0, 0.1) is 0 Å². The van der Waals surface area contributed by atoms with Crippen LogP contribution >= 0.6 is 39.9 Å². The minimum atomic E-state index is -0.229. The fourth-order valence-electron chi connectivity index (χ4n) is 1.75. The molecule has 1 aliphatic rings.